The van der Waals surface area contributed by atoms with Crippen molar-refractivity contribution >= 4 is 38.8 Å². The first kappa shape index (κ1) is 14.4. The molecule has 1 aromatic carbocycles. The van der Waals surface area contributed by atoms with E-state index in [1.165, 1.54) is 0 Å². The summed E-state index contributed by atoms with van der Waals surface area (Å²) in [6.07, 6.45) is 4.00. The van der Waals surface area contributed by atoms with Gasteiger partial charge in [-0.25, -0.2) is 4.98 Å². The third-order valence-corrected chi connectivity index (χ3v) is 4.80. The van der Waals surface area contributed by atoms with Gasteiger partial charge < -0.3 is 10.3 Å². The van der Waals surface area contributed by atoms with Gasteiger partial charge in [0.2, 0.25) is 0 Å². The van der Waals surface area contributed by atoms with Crippen molar-refractivity contribution in [1.82, 2.24) is 19.7 Å². The number of H-pyrrole nitrogens is 1. The predicted octanol–water partition coefficient (Wildman–Crippen LogP) is 4.82. The van der Waals surface area contributed by atoms with Crippen LogP contribution in [-0.4, -0.2) is 14.4 Å². The van der Waals surface area contributed by atoms with Crippen molar-refractivity contribution in [2.75, 3.05) is 0 Å². The van der Waals surface area contributed by atoms with E-state index in [-0.39, 0.29) is 0 Å². The van der Waals surface area contributed by atoms with Crippen LogP contribution >= 0.6 is 22.9 Å². The number of halogens is 1. The minimum absolute atomic E-state index is 0.710. The first-order valence-corrected chi connectivity index (χ1v) is 8.49. The predicted molar refractivity (Wildman–Crippen MR) is 97.0 cm³/mol. The van der Waals surface area contributed by atoms with Crippen LogP contribution in [-0.2, 0) is 6.54 Å². The van der Waals surface area contributed by atoms with Crippen LogP contribution in [0.25, 0.3) is 27.1 Å². The molecule has 0 fully saturated rings. The molecule has 0 spiro atoms. The molecule has 0 unspecified atom stereocenters. The zero-order chi connectivity index (χ0) is 16.0. The molecule has 2 N–H and O–H groups in total. The molecule has 23 heavy (non-hydrogen) atoms. The van der Waals surface area contributed by atoms with Gasteiger partial charge in [0, 0.05) is 45.6 Å². The highest BCUT2D eigenvalue weighted by molar-refractivity contribution is 7.15. The number of rotatable bonds is 4. The van der Waals surface area contributed by atoms with Gasteiger partial charge in [-0.1, -0.05) is 18.2 Å². The third-order valence-electron chi connectivity index (χ3n) is 3.71. The highest BCUT2D eigenvalue weighted by Crippen LogP contribution is 2.32. The number of hydrogen-bond acceptors (Lipinski definition) is 3. The normalized spacial score (nSPS) is 11.4. The van der Waals surface area contributed by atoms with Gasteiger partial charge in [-0.15, -0.1) is 11.3 Å². The van der Waals surface area contributed by atoms with Gasteiger partial charge in [0.15, 0.2) is 4.96 Å². The molecule has 4 aromatic rings. The molecule has 0 saturated heterocycles. The highest BCUT2D eigenvalue weighted by Gasteiger charge is 2.12. The summed E-state index contributed by atoms with van der Waals surface area (Å²) in [7, 11) is 0. The largest absolute Gasteiger partial charge is 0.383 e. The average molecular weight is 343 g/mol. The van der Waals surface area contributed by atoms with Crippen molar-refractivity contribution in [3.63, 3.8) is 0 Å². The Labute approximate surface area is 142 Å². The lowest BCUT2D eigenvalue weighted by atomic mass is 10.1. The minimum Gasteiger partial charge on any atom is -0.383 e. The van der Waals surface area contributed by atoms with Gasteiger partial charge in [0.25, 0.3) is 0 Å². The Balaban J connectivity index is 1.76. The first-order valence-electron chi connectivity index (χ1n) is 7.23. The third kappa shape index (κ3) is 2.62. The van der Waals surface area contributed by atoms with E-state index >= 15 is 0 Å². The summed E-state index contributed by atoms with van der Waals surface area (Å²) < 4.78 is 2.01. The van der Waals surface area contributed by atoms with Crippen molar-refractivity contribution in [1.29, 1.82) is 0 Å². The zero-order valence-electron chi connectivity index (χ0n) is 12.6. The standard InChI is InChI=1S/C17H15ClN4S/c1-10(2)19-8-12-5-11-6-14(18)13(7-15(11)20-12)16-9-22-3-4-23-17(22)21-16/h3-7,9,19-20H,1,8H2,2H3. The van der Waals surface area contributed by atoms with E-state index in [9.17, 15) is 0 Å². The second-order valence-electron chi connectivity index (χ2n) is 5.57. The molecule has 3 heterocycles. The van der Waals surface area contributed by atoms with E-state index in [2.05, 4.69) is 34.0 Å². The molecule has 0 amide bonds. The Morgan fingerprint density at radius 2 is 2.30 bits per heavy atom. The molecule has 4 rings (SSSR count). The van der Waals surface area contributed by atoms with Gasteiger partial charge in [0.1, 0.15) is 0 Å². The molecule has 0 saturated carbocycles. The maximum absolute atomic E-state index is 6.48. The molecule has 116 valence electrons. The molecule has 0 radical (unpaired) electrons. The highest BCUT2D eigenvalue weighted by atomic mass is 35.5. The fraction of sp³-hybridized carbons (Fsp3) is 0.118. The lowest BCUT2D eigenvalue weighted by Gasteiger charge is -2.02. The maximum Gasteiger partial charge on any atom is 0.194 e. The summed E-state index contributed by atoms with van der Waals surface area (Å²) in [4.78, 5) is 9.02. The number of aromatic amines is 1. The van der Waals surface area contributed by atoms with E-state index in [0.29, 0.717) is 5.02 Å². The summed E-state index contributed by atoms with van der Waals surface area (Å²) in [5.41, 5.74) is 4.93. The monoisotopic (exact) mass is 342 g/mol. The summed E-state index contributed by atoms with van der Waals surface area (Å²) in [6, 6.07) is 6.15. The van der Waals surface area contributed by atoms with Crippen molar-refractivity contribution in [2.24, 2.45) is 0 Å². The van der Waals surface area contributed by atoms with Crippen LogP contribution in [0.15, 0.2) is 48.2 Å². The molecule has 3 aromatic heterocycles. The Bertz CT molecular complexity index is 995. The van der Waals surface area contributed by atoms with Crippen LogP contribution < -0.4 is 5.32 Å². The van der Waals surface area contributed by atoms with Crippen LogP contribution in [0.3, 0.4) is 0 Å². The number of allylic oxidation sites excluding steroid dienone is 1. The molecule has 6 heteroatoms. The first-order chi connectivity index (χ1) is 11.1. The molecule has 0 atom stereocenters. The van der Waals surface area contributed by atoms with E-state index in [0.717, 1.165) is 45.1 Å². The SMILES string of the molecule is C=C(C)NCc1cc2cc(Cl)c(-c3cn4ccsc4n3)cc2[nH]1. The topological polar surface area (TPSA) is 45.1 Å². The van der Waals surface area contributed by atoms with Crippen molar-refractivity contribution in [3.8, 4) is 11.3 Å². The molecule has 0 aliphatic heterocycles. The number of thiazole rings is 1. The molecule has 0 bridgehead atoms. The van der Waals surface area contributed by atoms with E-state index < -0.39 is 0 Å². The number of benzene rings is 1. The summed E-state index contributed by atoms with van der Waals surface area (Å²) in [6.45, 7) is 6.52. The number of aromatic nitrogens is 3. The van der Waals surface area contributed by atoms with E-state index in [1.807, 2.05) is 35.2 Å². The molecular formula is C17H15ClN4S. The van der Waals surface area contributed by atoms with Gasteiger partial charge in [-0.05, 0) is 25.1 Å². The molecule has 4 nitrogen and oxygen atoms in total. The number of nitrogens with zero attached hydrogens (tertiary/aromatic N) is 2. The molecule has 0 aliphatic rings. The number of imidazole rings is 1. The number of fused-ring (bicyclic) bond motifs is 2. The van der Waals surface area contributed by atoms with Gasteiger partial charge >= 0.3 is 0 Å². The summed E-state index contributed by atoms with van der Waals surface area (Å²) in [5.74, 6) is 0. The minimum atomic E-state index is 0.710. The maximum atomic E-state index is 6.48. The lowest BCUT2D eigenvalue weighted by Crippen LogP contribution is -2.09. The average Bonchev–Trinajstić information content (AvgIpc) is 3.16. The van der Waals surface area contributed by atoms with Crippen LogP contribution in [0.4, 0.5) is 0 Å². The van der Waals surface area contributed by atoms with Crippen LogP contribution in [0.2, 0.25) is 5.02 Å². The lowest BCUT2D eigenvalue weighted by molar-refractivity contribution is 0.798. The fourth-order valence-corrected chi connectivity index (χ4v) is 3.58. The van der Waals surface area contributed by atoms with Gasteiger partial charge in [-0.2, -0.15) is 0 Å². The van der Waals surface area contributed by atoms with Crippen molar-refractivity contribution < 1.29 is 0 Å². The van der Waals surface area contributed by atoms with Crippen LogP contribution in [0.1, 0.15) is 12.6 Å². The van der Waals surface area contributed by atoms with E-state index in [4.69, 9.17) is 11.6 Å². The van der Waals surface area contributed by atoms with Gasteiger partial charge in [0.05, 0.1) is 17.3 Å². The number of nitrogens with one attached hydrogen (secondary N) is 2. The van der Waals surface area contributed by atoms with Gasteiger partial charge in [-0.3, -0.25) is 4.40 Å². The second kappa shape index (κ2) is 5.44. The summed E-state index contributed by atoms with van der Waals surface area (Å²) in [5, 5.41) is 7.05. The fourth-order valence-electron chi connectivity index (χ4n) is 2.61. The second-order valence-corrected chi connectivity index (χ2v) is 6.85. The Morgan fingerprint density at radius 3 is 3.09 bits per heavy atom. The smallest absolute Gasteiger partial charge is 0.194 e. The zero-order valence-corrected chi connectivity index (χ0v) is 14.1. The van der Waals surface area contributed by atoms with Crippen molar-refractivity contribution in [2.45, 2.75) is 13.5 Å². The Kier molecular flexibility index (Phi) is 3.39. The Morgan fingerprint density at radius 1 is 1.43 bits per heavy atom. The molecular weight excluding hydrogens is 328 g/mol. The van der Waals surface area contributed by atoms with Crippen LogP contribution in [0.5, 0.6) is 0 Å². The Hall–Kier alpha value is -2.24. The van der Waals surface area contributed by atoms with E-state index in [1.54, 1.807) is 11.3 Å². The summed E-state index contributed by atoms with van der Waals surface area (Å²) >= 11 is 8.09. The van der Waals surface area contributed by atoms with Crippen molar-refractivity contribution in [3.05, 3.63) is 59.0 Å². The number of hydrogen-bond donors (Lipinski definition) is 2. The van der Waals surface area contributed by atoms with Crippen LogP contribution in [0, 0.1) is 0 Å². The quantitative estimate of drug-likeness (QED) is 0.558. The molecule has 0 aliphatic carbocycles.